The van der Waals surface area contributed by atoms with Crippen molar-refractivity contribution in [2.24, 2.45) is 5.92 Å². The largest absolute Gasteiger partial charge is 0.379 e. The van der Waals surface area contributed by atoms with Crippen molar-refractivity contribution >= 4 is 29.2 Å². The van der Waals surface area contributed by atoms with Crippen LogP contribution in [0.25, 0.3) is 0 Å². The minimum Gasteiger partial charge on any atom is -0.379 e. The fourth-order valence-corrected chi connectivity index (χ4v) is 2.33. The van der Waals surface area contributed by atoms with Gasteiger partial charge in [-0.15, -0.1) is 0 Å². The molecule has 5 nitrogen and oxygen atoms in total. The van der Waals surface area contributed by atoms with Crippen molar-refractivity contribution in [2.75, 3.05) is 25.1 Å². The van der Waals surface area contributed by atoms with Crippen LogP contribution in [0.2, 0.25) is 10.6 Å². The molecule has 2 heterocycles. The van der Waals surface area contributed by atoms with Crippen LogP contribution in [0.5, 0.6) is 0 Å². The third-order valence-corrected chi connectivity index (χ3v) is 3.38. The second kappa shape index (κ2) is 5.33. The van der Waals surface area contributed by atoms with Crippen LogP contribution < -0.4 is 4.90 Å². The molecular formula is C10H14Cl2N4O. The Morgan fingerprint density at radius 1 is 1.24 bits per heavy atom. The fraction of sp³-hybridized carbons (Fsp3) is 0.700. The van der Waals surface area contributed by atoms with E-state index >= 15 is 0 Å². The highest BCUT2D eigenvalue weighted by atomic mass is 35.5. The lowest BCUT2D eigenvalue weighted by molar-refractivity contribution is 0.0494. The Hall–Kier alpha value is -0.650. The van der Waals surface area contributed by atoms with E-state index in [1.807, 2.05) is 4.90 Å². The molecule has 0 spiro atoms. The highest BCUT2D eigenvalue weighted by Crippen LogP contribution is 2.23. The minimum atomic E-state index is 0.118. The predicted octanol–water partition coefficient (Wildman–Crippen LogP) is 2.04. The molecule has 7 heteroatoms. The highest BCUT2D eigenvalue weighted by molar-refractivity contribution is 6.31. The van der Waals surface area contributed by atoms with Crippen molar-refractivity contribution in [3.05, 3.63) is 10.6 Å². The van der Waals surface area contributed by atoms with Crippen molar-refractivity contribution in [1.29, 1.82) is 0 Å². The van der Waals surface area contributed by atoms with Crippen molar-refractivity contribution < 1.29 is 4.74 Å². The number of rotatable bonds is 2. The van der Waals surface area contributed by atoms with Gasteiger partial charge in [-0.25, -0.2) is 0 Å². The Kier molecular flexibility index (Phi) is 4.01. The van der Waals surface area contributed by atoms with Crippen LogP contribution in [0.4, 0.5) is 5.95 Å². The molecule has 0 aromatic carbocycles. The molecule has 1 aliphatic heterocycles. The normalized spacial score (nSPS) is 25.1. The average Bonchev–Trinajstić information content (AvgIpc) is 2.28. The summed E-state index contributed by atoms with van der Waals surface area (Å²) >= 11 is 11.5. The number of piperidine rings is 1. The van der Waals surface area contributed by atoms with E-state index in [0.717, 1.165) is 19.5 Å². The molecule has 1 saturated heterocycles. The number of ether oxygens (including phenoxy) is 1. The molecule has 0 radical (unpaired) electrons. The van der Waals surface area contributed by atoms with Crippen LogP contribution in [0.15, 0.2) is 0 Å². The summed E-state index contributed by atoms with van der Waals surface area (Å²) in [5, 5.41) is 0.236. The lowest BCUT2D eigenvalue weighted by Crippen LogP contribution is -2.44. The van der Waals surface area contributed by atoms with Gasteiger partial charge in [-0.05, 0) is 35.5 Å². The Balaban J connectivity index is 2.17. The number of hydrogen-bond acceptors (Lipinski definition) is 5. The fourth-order valence-electron chi connectivity index (χ4n) is 1.98. The number of halogens is 2. The van der Waals surface area contributed by atoms with E-state index in [1.165, 1.54) is 0 Å². The van der Waals surface area contributed by atoms with Gasteiger partial charge >= 0.3 is 0 Å². The first-order valence-corrected chi connectivity index (χ1v) is 6.20. The van der Waals surface area contributed by atoms with E-state index in [0.29, 0.717) is 11.9 Å². The molecule has 17 heavy (non-hydrogen) atoms. The van der Waals surface area contributed by atoms with Gasteiger partial charge in [0.05, 0.1) is 6.10 Å². The Morgan fingerprint density at radius 3 is 2.47 bits per heavy atom. The summed E-state index contributed by atoms with van der Waals surface area (Å²) in [7, 11) is 1.72. The van der Waals surface area contributed by atoms with Gasteiger partial charge in [0.25, 0.3) is 0 Å². The molecule has 1 aliphatic rings. The van der Waals surface area contributed by atoms with Crippen molar-refractivity contribution in [2.45, 2.75) is 19.4 Å². The van der Waals surface area contributed by atoms with Crippen LogP contribution >= 0.6 is 23.2 Å². The molecule has 0 bridgehead atoms. The van der Waals surface area contributed by atoms with Crippen molar-refractivity contribution in [3.8, 4) is 0 Å². The maximum absolute atomic E-state index is 5.76. The van der Waals surface area contributed by atoms with Gasteiger partial charge in [0.2, 0.25) is 16.5 Å². The standard InChI is InChI=1S/C10H14Cl2N4O/c1-6-3-4-16(5-7(6)17-2)10-14-8(11)13-9(12)15-10/h6-7H,3-5H2,1-2H3. The summed E-state index contributed by atoms with van der Waals surface area (Å²) in [4.78, 5) is 13.9. The molecule has 2 atom stereocenters. The van der Waals surface area contributed by atoms with Gasteiger partial charge in [0.1, 0.15) is 0 Å². The summed E-state index contributed by atoms with van der Waals surface area (Å²) in [6.45, 7) is 3.80. The number of methoxy groups -OCH3 is 1. The summed E-state index contributed by atoms with van der Waals surface area (Å²) in [5.74, 6) is 1.05. The summed E-state index contributed by atoms with van der Waals surface area (Å²) < 4.78 is 5.44. The SMILES string of the molecule is COC1CN(c2nc(Cl)nc(Cl)n2)CCC1C. The average molecular weight is 277 g/mol. The van der Waals surface area contributed by atoms with Gasteiger partial charge in [0.15, 0.2) is 0 Å². The number of hydrogen-bond donors (Lipinski definition) is 0. The summed E-state index contributed by atoms with van der Waals surface area (Å²) in [6.07, 6.45) is 1.21. The number of aromatic nitrogens is 3. The Morgan fingerprint density at radius 2 is 1.88 bits per heavy atom. The highest BCUT2D eigenvalue weighted by Gasteiger charge is 2.27. The third-order valence-electron chi connectivity index (χ3n) is 3.04. The van der Waals surface area contributed by atoms with Crippen LogP contribution in [0.3, 0.4) is 0 Å². The van der Waals surface area contributed by atoms with Crippen LogP contribution in [0, 0.1) is 5.92 Å². The van der Waals surface area contributed by atoms with Crippen LogP contribution in [0.1, 0.15) is 13.3 Å². The topological polar surface area (TPSA) is 51.1 Å². The molecule has 0 saturated carbocycles. The first-order chi connectivity index (χ1) is 8.10. The first-order valence-electron chi connectivity index (χ1n) is 5.45. The summed E-state index contributed by atoms with van der Waals surface area (Å²) in [6, 6.07) is 0. The van der Waals surface area contributed by atoms with Gasteiger partial charge in [-0.2, -0.15) is 15.0 Å². The van der Waals surface area contributed by atoms with Crippen molar-refractivity contribution in [3.63, 3.8) is 0 Å². The van der Waals surface area contributed by atoms with Gasteiger partial charge in [0, 0.05) is 20.2 Å². The molecule has 1 fully saturated rings. The van der Waals surface area contributed by atoms with Crippen LogP contribution in [-0.2, 0) is 4.74 Å². The van der Waals surface area contributed by atoms with Gasteiger partial charge in [-0.3, -0.25) is 0 Å². The maximum atomic E-state index is 5.76. The second-order valence-electron chi connectivity index (χ2n) is 4.16. The second-order valence-corrected chi connectivity index (χ2v) is 4.84. The quantitative estimate of drug-likeness (QED) is 0.828. The Bertz CT molecular complexity index is 384. The van der Waals surface area contributed by atoms with Crippen molar-refractivity contribution in [1.82, 2.24) is 15.0 Å². The van der Waals surface area contributed by atoms with E-state index in [2.05, 4.69) is 21.9 Å². The van der Waals surface area contributed by atoms with E-state index in [1.54, 1.807) is 7.11 Å². The third kappa shape index (κ3) is 2.97. The zero-order chi connectivity index (χ0) is 12.4. The molecular weight excluding hydrogens is 263 g/mol. The van der Waals surface area contributed by atoms with Crippen LogP contribution in [-0.4, -0.2) is 41.3 Å². The first kappa shape index (κ1) is 12.8. The predicted molar refractivity (Wildman–Crippen MR) is 66.6 cm³/mol. The molecule has 2 unspecified atom stereocenters. The van der Waals surface area contributed by atoms with E-state index in [9.17, 15) is 0 Å². The molecule has 0 N–H and O–H groups in total. The molecule has 0 aliphatic carbocycles. The monoisotopic (exact) mass is 276 g/mol. The minimum absolute atomic E-state index is 0.118. The van der Waals surface area contributed by atoms with Gasteiger partial charge in [-0.1, -0.05) is 6.92 Å². The molecule has 0 amide bonds. The molecule has 1 aromatic heterocycles. The Labute approximate surface area is 110 Å². The number of nitrogens with zero attached hydrogens (tertiary/aromatic N) is 4. The molecule has 2 rings (SSSR count). The lowest BCUT2D eigenvalue weighted by Gasteiger charge is -2.36. The molecule has 94 valence electrons. The van der Waals surface area contributed by atoms with Gasteiger partial charge < -0.3 is 9.64 Å². The molecule has 1 aromatic rings. The smallest absolute Gasteiger partial charge is 0.231 e. The van der Waals surface area contributed by atoms with E-state index in [-0.39, 0.29) is 16.7 Å². The van der Waals surface area contributed by atoms with E-state index < -0.39 is 0 Å². The number of anilines is 1. The summed E-state index contributed by atoms with van der Waals surface area (Å²) in [5.41, 5.74) is 0. The maximum Gasteiger partial charge on any atom is 0.231 e. The zero-order valence-electron chi connectivity index (χ0n) is 9.73. The zero-order valence-corrected chi connectivity index (χ0v) is 11.2. The van der Waals surface area contributed by atoms with E-state index in [4.69, 9.17) is 27.9 Å². The lowest BCUT2D eigenvalue weighted by atomic mass is 9.96.